The number of benzene rings is 2. The zero-order chi connectivity index (χ0) is 17.3. The van der Waals surface area contributed by atoms with Gasteiger partial charge in [0.25, 0.3) is 5.91 Å². The Morgan fingerprint density at radius 1 is 1.21 bits per heavy atom. The molecule has 7 heteroatoms. The van der Waals surface area contributed by atoms with Crippen LogP contribution in [0.1, 0.15) is 11.1 Å². The molecular weight excluding hydrogens is 370 g/mol. The molecular formula is C17H11Cl2FN2OS. The smallest absolute Gasteiger partial charge is 0.264 e. The van der Waals surface area contributed by atoms with Crippen molar-refractivity contribution in [2.24, 2.45) is 4.99 Å². The SMILES string of the molecule is Cc1ccc(N=C2NC(=O)/C(=C/c3c(F)cccc3Cl)S2)cc1Cl. The number of thioether (sulfide) groups is 1. The molecule has 1 N–H and O–H groups in total. The van der Waals surface area contributed by atoms with E-state index < -0.39 is 5.82 Å². The van der Waals surface area contributed by atoms with Gasteiger partial charge in [-0.2, -0.15) is 0 Å². The number of halogens is 3. The fourth-order valence-electron chi connectivity index (χ4n) is 2.03. The number of hydrogen-bond donors (Lipinski definition) is 1. The first-order chi connectivity index (χ1) is 11.4. The molecule has 1 aliphatic rings. The van der Waals surface area contributed by atoms with Gasteiger partial charge in [0.05, 0.1) is 15.6 Å². The van der Waals surface area contributed by atoms with Crippen LogP contribution < -0.4 is 5.32 Å². The summed E-state index contributed by atoms with van der Waals surface area (Å²) in [5.74, 6) is -0.838. The lowest BCUT2D eigenvalue weighted by Crippen LogP contribution is -2.19. The lowest BCUT2D eigenvalue weighted by Gasteiger charge is -2.00. The van der Waals surface area contributed by atoms with E-state index in [0.717, 1.165) is 17.3 Å². The van der Waals surface area contributed by atoms with Crippen LogP contribution in [0.25, 0.3) is 6.08 Å². The largest absolute Gasteiger partial charge is 0.300 e. The Kier molecular flexibility index (Phi) is 4.94. The number of carbonyl (C=O) groups is 1. The van der Waals surface area contributed by atoms with Crippen molar-refractivity contribution in [1.82, 2.24) is 5.32 Å². The number of aliphatic imine (C=N–C) groups is 1. The number of carbonyl (C=O) groups excluding carboxylic acids is 1. The van der Waals surface area contributed by atoms with E-state index in [1.807, 2.05) is 13.0 Å². The molecule has 3 rings (SSSR count). The van der Waals surface area contributed by atoms with Crippen molar-refractivity contribution in [3.8, 4) is 0 Å². The fraction of sp³-hybridized carbons (Fsp3) is 0.0588. The molecule has 122 valence electrons. The highest BCUT2D eigenvalue weighted by atomic mass is 35.5. The highest BCUT2D eigenvalue weighted by Gasteiger charge is 2.24. The van der Waals surface area contributed by atoms with Gasteiger partial charge in [-0.1, -0.05) is 35.3 Å². The van der Waals surface area contributed by atoms with E-state index in [1.165, 1.54) is 18.2 Å². The van der Waals surface area contributed by atoms with Crippen molar-refractivity contribution >= 4 is 57.8 Å². The molecule has 1 amide bonds. The lowest BCUT2D eigenvalue weighted by molar-refractivity contribution is -0.115. The van der Waals surface area contributed by atoms with Crippen LogP contribution in [0.2, 0.25) is 10.0 Å². The molecule has 0 radical (unpaired) electrons. The molecule has 0 bridgehead atoms. The molecule has 24 heavy (non-hydrogen) atoms. The summed E-state index contributed by atoms with van der Waals surface area (Å²) >= 11 is 13.2. The van der Waals surface area contributed by atoms with Crippen LogP contribution in [0.3, 0.4) is 0 Å². The van der Waals surface area contributed by atoms with Gasteiger partial charge in [0.15, 0.2) is 5.17 Å². The van der Waals surface area contributed by atoms with Gasteiger partial charge >= 0.3 is 0 Å². The van der Waals surface area contributed by atoms with Crippen LogP contribution in [-0.4, -0.2) is 11.1 Å². The topological polar surface area (TPSA) is 41.5 Å². The molecule has 1 heterocycles. The van der Waals surface area contributed by atoms with Gasteiger partial charge in [-0.3, -0.25) is 4.79 Å². The molecule has 2 aromatic carbocycles. The number of rotatable bonds is 2. The van der Waals surface area contributed by atoms with Crippen molar-refractivity contribution in [2.75, 3.05) is 0 Å². The third-order valence-corrected chi connectivity index (χ3v) is 4.96. The van der Waals surface area contributed by atoms with Gasteiger partial charge < -0.3 is 5.32 Å². The third-order valence-electron chi connectivity index (χ3n) is 3.31. The molecule has 0 unspecified atom stereocenters. The second-order valence-corrected chi connectivity index (χ2v) is 6.90. The molecule has 3 nitrogen and oxygen atoms in total. The minimum absolute atomic E-state index is 0.177. The molecule has 0 saturated carbocycles. The normalized spacial score (nSPS) is 17.6. The summed E-state index contributed by atoms with van der Waals surface area (Å²) in [5, 5.41) is 3.88. The predicted octanol–water partition coefficient (Wildman–Crippen LogP) is 5.33. The molecule has 2 aromatic rings. The summed E-state index contributed by atoms with van der Waals surface area (Å²) in [6, 6.07) is 9.73. The molecule has 0 aliphatic carbocycles. The van der Waals surface area contributed by atoms with Crippen molar-refractivity contribution in [3.63, 3.8) is 0 Å². The first-order valence-electron chi connectivity index (χ1n) is 6.94. The number of nitrogens with one attached hydrogen (secondary N) is 1. The molecule has 1 aliphatic heterocycles. The Bertz CT molecular complexity index is 876. The van der Waals surface area contributed by atoms with Gasteiger partial charge in [-0.25, -0.2) is 9.38 Å². The van der Waals surface area contributed by atoms with Gasteiger partial charge in [0.2, 0.25) is 0 Å². The van der Waals surface area contributed by atoms with Crippen LogP contribution >= 0.6 is 35.0 Å². The standard InChI is InChI=1S/C17H11Cl2FN2OS/c1-9-5-6-10(7-13(9)19)21-17-22-16(23)15(24-17)8-11-12(18)3-2-4-14(11)20/h2-8H,1H3,(H,21,22,23)/b15-8-. The van der Waals surface area contributed by atoms with Crippen LogP contribution in [0.4, 0.5) is 10.1 Å². The Morgan fingerprint density at radius 3 is 2.71 bits per heavy atom. The second-order valence-electron chi connectivity index (χ2n) is 5.05. The quantitative estimate of drug-likeness (QED) is 0.715. The summed E-state index contributed by atoms with van der Waals surface area (Å²) < 4.78 is 13.8. The van der Waals surface area contributed by atoms with E-state index in [9.17, 15) is 9.18 Å². The number of amides is 1. The minimum atomic E-state index is -0.487. The first kappa shape index (κ1) is 17.0. The van der Waals surface area contributed by atoms with E-state index in [0.29, 0.717) is 20.8 Å². The Morgan fingerprint density at radius 2 is 2.00 bits per heavy atom. The fourth-order valence-corrected chi connectivity index (χ4v) is 3.24. The summed E-state index contributed by atoms with van der Waals surface area (Å²) in [6.45, 7) is 1.89. The predicted molar refractivity (Wildman–Crippen MR) is 98.4 cm³/mol. The van der Waals surface area contributed by atoms with Gasteiger partial charge in [0, 0.05) is 10.6 Å². The minimum Gasteiger partial charge on any atom is -0.300 e. The average Bonchev–Trinajstić information content (AvgIpc) is 2.86. The maximum Gasteiger partial charge on any atom is 0.264 e. The maximum absolute atomic E-state index is 13.8. The van der Waals surface area contributed by atoms with Crippen molar-refractivity contribution in [1.29, 1.82) is 0 Å². The van der Waals surface area contributed by atoms with Crippen LogP contribution in [0.15, 0.2) is 46.3 Å². The van der Waals surface area contributed by atoms with E-state index in [-0.39, 0.29) is 16.5 Å². The van der Waals surface area contributed by atoms with Gasteiger partial charge in [0.1, 0.15) is 5.82 Å². The zero-order valence-corrected chi connectivity index (χ0v) is 14.8. The lowest BCUT2D eigenvalue weighted by atomic mass is 10.2. The number of nitrogens with zero attached hydrogens (tertiary/aromatic N) is 1. The average molecular weight is 381 g/mol. The van der Waals surface area contributed by atoms with Crippen LogP contribution in [0, 0.1) is 12.7 Å². The van der Waals surface area contributed by atoms with E-state index >= 15 is 0 Å². The monoisotopic (exact) mass is 380 g/mol. The van der Waals surface area contributed by atoms with Gasteiger partial charge in [-0.05, 0) is 54.6 Å². The second kappa shape index (κ2) is 6.97. The van der Waals surface area contributed by atoms with E-state index in [2.05, 4.69) is 10.3 Å². The zero-order valence-electron chi connectivity index (χ0n) is 12.4. The summed E-state index contributed by atoms with van der Waals surface area (Å²) in [7, 11) is 0. The molecule has 1 fully saturated rings. The highest BCUT2D eigenvalue weighted by molar-refractivity contribution is 8.18. The van der Waals surface area contributed by atoms with Crippen LogP contribution in [0.5, 0.6) is 0 Å². The third kappa shape index (κ3) is 3.64. The van der Waals surface area contributed by atoms with E-state index in [4.69, 9.17) is 23.2 Å². The molecule has 0 spiro atoms. The first-order valence-corrected chi connectivity index (χ1v) is 8.51. The summed E-state index contributed by atoms with van der Waals surface area (Å²) in [4.78, 5) is 16.7. The Balaban J connectivity index is 1.89. The highest BCUT2D eigenvalue weighted by Crippen LogP contribution is 2.31. The number of hydrogen-bond acceptors (Lipinski definition) is 3. The summed E-state index contributed by atoms with van der Waals surface area (Å²) in [5.41, 5.74) is 1.74. The Hall–Kier alpha value is -1.82. The summed E-state index contributed by atoms with van der Waals surface area (Å²) in [6.07, 6.45) is 1.42. The Labute approximate surface area is 152 Å². The number of amidine groups is 1. The number of aryl methyl sites for hydroxylation is 1. The molecule has 0 atom stereocenters. The molecule has 0 aromatic heterocycles. The van der Waals surface area contributed by atoms with E-state index in [1.54, 1.807) is 18.2 Å². The van der Waals surface area contributed by atoms with Crippen molar-refractivity contribution in [3.05, 3.63) is 68.3 Å². The molecule has 1 saturated heterocycles. The maximum atomic E-state index is 13.8. The van der Waals surface area contributed by atoms with Crippen molar-refractivity contribution < 1.29 is 9.18 Å². The van der Waals surface area contributed by atoms with Crippen molar-refractivity contribution in [2.45, 2.75) is 6.92 Å². The van der Waals surface area contributed by atoms with Crippen LogP contribution in [-0.2, 0) is 4.79 Å². The van der Waals surface area contributed by atoms with Gasteiger partial charge in [-0.15, -0.1) is 0 Å².